The summed E-state index contributed by atoms with van der Waals surface area (Å²) < 4.78 is 20.8. The van der Waals surface area contributed by atoms with Gasteiger partial charge in [0.1, 0.15) is 17.2 Å². The molecule has 0 radical (unpaired) electrons. The van der Waals surface area contributed by atoms with Crippen molar-refractivity contribution in [2.45, 2.75) is 86.2 Å². The number of allylic oxidation sites excluding steroid dienone is 2. The van der Waals surface area contributed by atoms with Crippen LogP contribution in [0.15, 0.2) is 67.8 Å². The molecule has 2 fully saturated rings. The van der Waals surface area contributed by atoms with Gasteiger partial charge in [0.2, 0.25) is 0 Å². The molecule has 0 unspecified atom stereocenters. The Morgan fingerprint density at radius 1 is 0.979 bits per heavy atom. The highest BCUT2D eigenvalue weighted by Crippen LogP contribution is 2.41. The van der Waals surface area contributed by atoms with Crippen molar-refractivity contribution < 1.29 is 18.7 Å². The molecule has 5 heteroatoms. The molecule has 1 aliphatic carbocycles. The highest BCUT2D eigenvalue weighted by molar-refractivity contribution is 6.01. The van der Waals surface area contributed by atoms with Crippen LogP contribution < -0.4 is 15.2 Å². The number of benzene rings is 3. The van der Waals surface area contributed by atoms with Gasteiger partial charge in [-0.05, 0) is 109 Å². The zero-order valence-electron chi connectivity index (χ0n) is 29.3. The number of hydrogen-bond acceptors (Lipinski definition) is 3. The van der Waals surface area contributed by atoms with Gasteiger partial charge < -0.3 is 9.64 Å². The first-order valence-corrected chi connectivity index (χ1v) is 17.1. The van der Waals surface area contributed by atoms with Gasteiger partial charge in [0.05, 0.1) is 12.0 Å². The lowest BCUT2D eigenvalue weighted by molar-refractivity contribution is -0.00570. The Labute approximate surface area is 280 Å². The van der Waals surface area contributed by atoms with Crippen LogP contribution in [0.2, 0.25) is 0 Å². The molecule has 3 aromatic carbocycles. The largest absolute Gasteiger partial charge is 0.486 e. The number of amides is 1. The molecule has 3 aliphatic rings. The molecule has 6 rings (SSSR count). The molecule has 2 aliphatic heterocycles. The summed E-state index contributed by atoms with van der Waals surface area (Å²) in [5.74, 6) is 0.911. The maximum atomic E-state index is 14.2. The average molecular weight is 636 g/mol. The number of carbonyl (C=O) groups excluding carboxylic acids is 2. The van der Waals surface area contributed by atoms with Gasteiger partial charge >= 0.3 is 0 Å². The van der Waals surface area contributed by atoms with Crippen molar-refractivity contribution in [2.24, 2.45) is 5.92 Å². The highest BCUT2D eigenvalue weighted by atomic mass is 19.1. The Kier molecular flexibility index (Phi) is 11.4. The molecule has 2 heterocycles. The Balaban J connectivity index is 0.00000120. The third-order valence-corrected chi connectivity index (χ3v) is 9.34. The molecule has 3 aromatic rings. The molecular weight excluding hydrogens is 585 g/mol. The van der Waals surface area contributed by atoms with Gasteiger partial charge in [0.15, 0.2) is 5.78 Å². The number of fused-ring (bicyclic) bond motifs is 1. The Morgan fingerprint density at radius 2 is 1.62 bits per heavy atom. The van der Waals surface area contributed by atoms with Crippen molar-refractivity contribution >= 4 is 28.9 Å². The second kappa shape index (κ2) is 15.1. The lowest BCUT2D eigenvalue weighted by atomic mass is 9.81. The van der Waals surface area contributed by atoms with Crippen LogP contribution in [0.1, 0.15) is 105 Å². The minimum absolute atomic E-state index is 0.0218. The predicted molar refractivity (Wildman–Crippen MR) is 194 cm³/mol. The first-order valence-electron chi connectivity index (χ1n) is 17.1. The molecule has 248 valence electrons. The second-order valence-corrected chi connectivity index (χ2v) is 12.5. The van der Waals surface area contributed by atoms with Crippen molar-refractivity contribution in [3.05, 3.63) is 106 Å². The van der Waals surface area contributed by atoms with E-state index in [1.807, 2.05) is 69.0 Å². The third kappa shape index (κ3) is 7.51. The maximum absolute atomic E-state index is 14.2. The van der Waals surface area contributed by atoms with E-state index in [1.165, 1.54) is 24.5 Å². The van der Waals surface area contributed by atoms with Crippen LogP contribution in [0.4, 0.5) is 4.39 Å². The number of halogens is 1. The Morgan fingerprint density at radius 3 is 2.23 bits per heavy atom. The van der Waals surface area contributed by atoms with Gasteiger partial charge in [-0.15, -0.1) is 0 Å². The third-order valence-electron chi connectivity index (χ3n) is 9.34. The number of Topliss-reactive ketones (excluding diaryl/α,β-unsaturated/α-hetero) is 1. The maximum Gasteiger partial charge on any atom is 0.253 e. The predicted octanol–water partition coefficient (Wildman–Crippen LogP) is 9.07. The number of hydrogen-bond donors (Lipinski definition) is 0. The van der Waals surface area contributed by atoms with Crippen molar-refractivity contribution in [1.29, 1.82) is 0 Å². The Hall–Kier alpha value is -4.25. The number of piperidine rings is 1. The molecule has 1 spiro atoms. The minimum Gasteiger partial charge on any atom is -0.486 e. The molecule has 1 amide bonds. The van der Waals surface area contributed by atoms with E-state index >= 15 is 0 Å². The monoisotopic (exact) mass is 635 g/mol. The van der Waals surface area contributed by atoms with Gasteiger partial charge in [0, 0.05) is 37.1 Å². The lowest BCUT2D eigenvalue weighted by Crippen LogP contribution is -2.52. The van der Waals surface area contributed by atoms with E-state index in [4.69, 9.17) is 4.74 Å². The van der Waals surface area contributed by atoms with Crippen LogP contribution in [0.25, 0.3) is 28.3 Å². The quantitative estimate of drug-likeness (QED) is 0.281. The lowest BCUT2D eigenvalue weighted by Gasteiger charge is -2.44. The molecule has 1 saturated carbocycles. The molecular formula is C42H50FNO3. The molecule has 0 aromatic heterocycles. The summed E-state index contributed by atoms with van der Waals surface area (Å²) in [5.41, 5.74) is 5.81. The normalized spacial score (nSPS) is 17.3. The SMILES string of the molecule is C=C/C=c1/c(C)cc(C(=O)N2CCC3(CC2)CC(=O)c2cc(-c4ccc(F)c(C(=C)C)c4)ccc2O3)c/c1=C(/C)C1CC1.CC.CC. The molecule has 1 saturated heterocycles. The van der Waals surface area contributed by atoms with Crippen LogP contribution in [-0.2, 0) is 0 Å². The summed E-state index contributed by atoms with van der Waals surface area (Å²) in [7, 11) is 0. The molecule has 4 nitrogen and oxygen atoms in total. The van der Waals surface area contributed by atoms with Crippen LogP contribution in [0, 0.1) is 18.7 Å². The fraction of sp³-hybridized carbons (Fsp3) is 0.381. The van der Waals surface area contributed by atoms with E-state index in [0.29, 0.717) is 59.9 Å². The summed E-state index contributed by atoms with van der Waals surface area (Å²) in [5, 5.41) is 2.29. The summed E-state index contributed by atoms with van der Waals surface area (Å²) in [6.07, 6.45) is 7.71. The zero-order valence-corrected chi connectivity index (χ0v) is 29.3. The van der Waals surface area contributed by atoms with Crippen LogP contribution in [0.3, 0.4) is 0 Å². The first kappa shape index (κ1) is 35.6. The number of rotatable bonds is 5. The highest BCUT2D eigenvalue weighted by Gasteiger charge is 2.44. The summed E-state index contributed by atoms with van der Waals surface area (Å²) >= 11 is 0. The molecule has 0 bridgehead atoms. The first-order chi connectivity index (χ1) is 22.6. The van der Waals surface area contributed by atoms with Crippen molar-refractivity contribution in [3.8, 4) is 16.9 Å². The minimum atomic E-state index is -0.619. The number of ketones is 1. The average Bonchev–Trinajstić information content (AvgIpc) is 3.93. The van der Waals surface area contributed by atoms with E-state index in [9.17, 15) is 14.0 Å². The summed E-state index contributed by atoms with van der Waals surface area (Å²) in [6, 6.07) is 14.5. The summed E-state index contributed by atoms with van der Waals surface area (Å²) in [4.78, 5) is 29.1. The van der Waals surface area contributed by atoms with E-state index in [1.54, 1.807) is 19.1 Å². The van der Waals surface area contributed by atoms with Crippen LogP contribution in [-0.4, -0.2) is 35.3 Å². The fourth-order valence-electron chi connectivity index (χ4n) is 6.61. The molecule has 0 atom stereocenters. The van der Waals surface area contributed by atoms with Crippen LogP contribution in [0.5, 0.6) is 5.75 Å². The smallest absolute Gasteiger partial charge is 0.253 e. The van der Waals surface area contributed by atoms with E-state index in [-0.39, 0.29) is 23.9 Å². The Bertz CT molecular complexity index is 1810. The van der Waals surface area contributed by atoms with Gasteiger partial charge in [-0.3, -0.25) is 9.59 Å². The van der Waals surface area contributed by atoms with Gasteiger partial charge in [0.25, 0.3) is 5.91 Å². The van der Waals surface area contributed by atoms with Crippen molar-refractivity contribution in [1.82, 2.24) is 4.90 Å². The van der Waals surface area contributed by atoms with Crippen LogP contribution >= 0.6 is 0 Å². The second-order valence-electron chi connectivity index (χ2n) is 12.5. The zero-order chi connectivity index (χ0) is 34.5. The number of nitrogens with zero attached hydrogens (tertiary/aromatic N) is 1. The number of likely N-dealkylation sites (tertiary alicyclic amines) is 1. The molecule has 0 N–H and O–H groups in total. The fourth-order valence-corrected chi connectivity index (χ4v) is 6.61. The molecule has 47 heavy (non-hydrogen) atoms. The van der Waals surface area contributed by atoms with Crippen molar-refractivity contribution in [2.75, 3.05) is 13.1 Å². The van der Waals surface area contributed by atoms with E-state index < -0.39 is 5.60 Å². The van der Waals surface area contributed by atoms with Gasteiger partial charge in [-0.2, -0.15) is 0 Å². The van der Waals surface area contributed by atoms with Gasteiger partial charge in [-0.25, -0.2) is 4.39 Å². The topological polar surface area (TPSA) is 46.6 Å². The van der Waals surface area contributed by atoms with E-state index in [0.717, 1.165) is 27.1 Å². The van der Waals surface area contributed by atoms with Crippen molar-refractivity contribution in [3.63, 3.8) is 0 Å². The van der Waals surface area contributed by atoms with E-state index in [2.05, 4.69) is 33.1 Å². The number of carbonyl (C=O) groups is 2. The number of ether oxygens (including phenoxy) is 1. The number of aryl methyl sites for hydroxylation is 1. The summed E-state index contributed by atoms with van der Waals surface area (Å²) in [6.45, 7) is 22.8. The van der Waals surface area contributed by atoms with Gasteiger partial charge in [-0.1, -0.05) is 70.7 Å². The standard InChI is InChI=1S/C38H38FNO3.2C2H6/c1-6-7-30-24(4)18-29(21-32(30)25(5)26-8-9-26)37(42)40-16-14-38(15-17-40)22-35(41)33-20-28(11-13-36(33)43-38)27-10-12-34(39)31(19-27)23(2)3;2*1-2/h6-7,10-13,18-21,26H,1-2,8-9,14-17,22H2,3-5H3;2*1-2H3/b30-7-,32-25+;;.